The molecule has 1 rings (SSSR count). The van der Waals surface area contributed by atoms with E-state index in [2.05, 4.69) is 4.98 Å². The molecule has 0 unspecified atom stereocenters. The number of halogens is 3. The number of carboxylic acids is 1. The number of hydrogen-bond acceptors (Lipinski definition) is 2. The summed E-state index contributed by atoms with van der Waals surface area (Å²) in [5.74, 6) is -1.61. The number of carbonyl (C=O) groups is 1. The van der Waals surface area contributed by atoms with Crippen LogP contribution >= 0.6 is 0 Å². The van der Waals surface area contributed by atoms with Gasteiger partial charge in [0.05, 0.1) is 11.1 Å². The molecule has 0 aromatic carbocycles. The van der Waals surface area contributed by atoms with Crippen LogP contribution in [0.4, 0.5) is 13.2 Å². The number of aryl methyl sites for hydroxylation is 1. The zero-order valence-corrected chi connectivity index (χ0v) is 7.09. The maximum atomic E-state index is 12.2. The minimum absolute atomic E-state index is 0.232. The highest BCUT2D eigenvalue weighted by atomic mass is 19.4. The average molecular weight is 205 g/mol. The molecule has 76 valence electrons. The molecule has 0 fully saturated rings. The number of rotatable bonds is 1. The molecule has 0 aliphatic carbocycles. The fraction of sp³-hybridized carbons (Fsp3) is 0.250. The van der Waals surface area contributed by atoms with E-state index in [4.69, 9.17) is 5.11 Å². The molecule has 1 aromatic heterocycles. The van der Waals surface area contributed by atoms with E-state index in [0.717, 1.165) is 6.07 Å². The molecule has 14 heavy (non-hydrogen) atoms. The van der Waals surface area contributed by atoms with E-state index in [9.17, 15) is 18.0 Å². The number of hydrogen-bond donors (Lipinski definition) is 1. The van der Waals surface area contributed by atoms with Gasteiger partial charge in [0.15, 0.2) is 0 Å². The maximum Gasteiger partial charge on any atom is 0.418 e. The van der Waals surface area contributed by atoms with Crippen LogP contribution in [0.25, 0.3) is 0 Å². The van der Waals surface area contributed by atoms with Gasteiger partial charge in [0.25, 0.3) is 0 Å². The molecule has 0 aliphatic heterocycles. The Labute approximate surface area is 77.2 Å². The highest BCUT2D eigenvalue weighted by Crippen LogP contribution is 2.31. The van der Waals surface area contributed by atoms with Gasteiger partial charge in [-0.05, 0) is 13.0 Å². The Hall–Kier alpha value is -1.59. The Morgan fingerprint density at radius 3 is 2.50 bits per heavy atom. The van der Waals surface area contributed by atoms with Crippen molar-refractivity contribution in [3.63, 3.8) is 0 Å². The second kappa shape index (κ2) is 3.28. The molecule has 1 N–H and O–H groups in total. The molecular formula is C8H6F3NO2. The van der Waals surface area contributed by atoms with Crippen LogP contribution in [0.2, 0.25) is 0 Å². The van der Waals surface area contributed by atoms with Crippen molar-refractivity contribution in [2.24, 2.45) is 0 Å². The largest absolute Gasteiger partial charge is 0.478 e. The van der Waals surface area contributed by atoms with Crippen LogP contribution in [0.5, 0.6) is 0 Å². The number of alkyl halides is 3. The molecule has 1 aromatic rings. The van der Waals surface area contributed by atoms with Crippen molar-refractivity contribution < 1.29 is 23.1 Å². The van der Waals surface area contributed by atoms with Gasteiger partial charge in [-0.2, -0.15) is 13.2 Å². The number of carboxylic acid groups (broad SMARTS) is 1. The van der Waals surface area contributed by atoms with Crippen LogP contribution < -0.4 is 0 Å². The van der Waals surface area contributed by atoms with Crippen LogP contribution in [0, 0.1) is 6.92 Å². The van der Waals surface area contributed by atoms with Gasteiger partial charge in [-0.3, -0.25) is 4.98 Å². The highest BCUT2D eigenvalue weighted by molar-refractivity contribution is 5.89. The standard InChI is InChI=1S/C8H6F3NO2/c1-4-2-5(7(13)14)6(3-12-4)8(9,10)11/h2-3H,1H3,(H,13,14). The zero-order chi connectivity index (χ0) is 10.9. The van der Waals surface area contributed by atoms with E-state index >= 15 is 0 Å². The summed E-state index contributed by atoms with van der Waals surface area (Å²) in [4.78, 5) is 13.9. The lowest BCUT2D eigenvalue weighted by Gasteiger charge is -2.09. The summed E-state index contributed by atoms with van der Waals surface area (Å²) in [6.07, 6.45) is -4.16. The minimum atomic E-state index is -4.69. The van der Waals surface area contributed by atoms with Crippen LogP contribution in [-0.4, -0.2) is 16.1 Å². The Morgan fingerprint density at radius 2 is 2.07 bits per heavy atom. The minimum Gasteiger partial charge on any atom is -0.478 e. The summed E-state index contributed by atoms with van der Waals surface area (Å²) in [6, 6.07) is 0.894. The average Bonchev–Trinajstić information content (AvgIpc) is 2.01. The summed E-state index contributed by atoms with van der Waals surface area (Å²) < 4.78 is 36.7. The van der Waals surface area contributed by atoms with Gasteiger partial charge >= 0.3 is 12.1 Å². The predicted octanol–water partition coefficient (Wildman–Crippen LogP) is 2.11. The SMILES string of the molecule is Cc1cc(C(=O)O)c(C(F)(F)F)cn1. The summed E-state index contributed by atoms with van der Waals surface area (Å²) in [7, 11) is 0. The molecule has 0 radical (unpaired) electrons. The van der Waals surface area contributed by atoms with Crippen molar-refractivity contribution in [2.45, 2.75) is 13.1 Å². The van der Waals surface area contributed by atoms with Gasteiger partial charge in [-0.1, -0.05) is 0 Å². The van der Waals surface area contributed by atoms with E-state index in [-0.39, 0.29) is 5.69 Å². The van der Waals surface area contributed by atoms with Crippen molar-refractivity contribution in [3.8, 4) is 0 Å². The third kappa shape index (κ3) is 2.01. The molecular weight excluding hydrogens is 199 g/mol. The monoisotopic (exact) mass is 205 g/mol. The Bertz CT molecular complexity index is 373. The normalized spacial score (nSPS) is 11.4. The second-order valence-electron chi connectivity index (χ2n) is 2.67. The third-order valence-corrected chi connectivity index (χ3v) is 1.58. The van der Waals surface area contributed by atoms with Crippen molar-refractivity contribution in [1.29, 1.82) is 0 Å². The fourth-order valence-electron chi connectivity index (χ4n) is 0.963. The topological polar surface area (TPSA) is 50.2 Å². The third-order valence-electron chi connectivity index (χ3n) is 1.58. The lowest BCUT2D eigenvalue weighted by atomic mass is 10.1. The molecule has 0 amide bonds. The summed E-state index contributed by atoms with van der Waals surface area (Å²) in [5, 5.41) is 8.53. The highest BCUT2D eigenvalue weighted by Gasteiger charge is 2.35. The zero-order valence-electron chi connectivity index (χ0n) is 7.09. The van der Waals surface area contributed by atoms with Gasteiger partial charge in [0.2, 0.25) is 0 Å². The van der Waals surface area contributed by atoms with Crippen LogP contribution in [0.1, 0.15) is 21.6 Å². The van der Waals surface area contributed by atoms with Crippen LogP contribution in [0.3, 0.4) is 0 Å². The summed E-state index contributed by atoms with van der Waals surface area (Å²) in [5.41, 5.74) is -1.77. The maximum absolute atomic E-state index is 12.2. The van der Waals surface area contributed by atoms with Gasteiger partial charge in [-0.25, -0.2) is 4.79 Å². The van der Waals surface area contributed by atoms with E-state index in [1.807, 2.05) is 0 Å². The van der Waals surface area contributed by atoms with Crippen LogP contribution in [-0.2, 0) is 6.18 Å². The first-order chi connectivity index (χ1) is 6.32. The Morgan fingerprint density at radius 1 is 1.50 bits per heavy atom. The molecule has 1 heterocycles. The first-order valence-electron chi connectivity index (χ1n) is 3.59. The van der Waals surface area contributed by atoms with Gasteiger partial charge in [-0.15, -0.1) is 0 Å². The molecule has 0 saturated carbocycles. The van der Waals surface area contributed by atoms with E-state index in [1.165, 1.54) is 6.92 Å². The number of nitrogens with zero attached hydrogens (tertiary/aromatic N) is 1. The fourth-order valence-corrected chi connectivity index (χ4v) is 0.963. The molecule has 0 atom stereocenters. The quantitative estimate of drug-likeness (QED) is 0.763. The van der Waals surface area contributed by atoms with E-state index in [1.54, 1.807) is 0 Å². The van der Waals surface area contributed by atoms with E-state index < -0.39 is 23.3 Å². The van der Waals surface area contributed by atoms with Crippen molar-refractivity contribution in [1.82, 2.24) is 4.98 Å². The lowest BCUT2D eigenvalue weighted by molar-refractivity contribution is -0.138. The molecule has 0 aliphatic rings. The van der Waals surface area contributed by atoms with Crippen LogP contribution in [0.15, 0.2) is 12.3 Å². The number of aromatic carboxylic acids is 1. The molecule has 0 saturated heterocycles. The lowest BCUT2D eigenvalue weighted by Crippen LogP contribution is -2.13. The predicted molar refractivity (Wildman–Crippen MR) is 40.9 cm³/mol. The van der Waals surface area contributed by atoms with Crippen molar-refractivity contribution in [3.05, 3.63) is 29.1 Å². The first kappa shape index (κ1) is 10.5. The van der Waals surface area contributed by atoms with Crippen molar-refractivity contribution in [2.75, 3.05) is 0 Å². The van der Waals surface area contributed by atoms with E-state index in [0.29, 0.717) is 6.20 Å². The van der Waals surface area contributed by atoms with Gasteiger partial charge in [0, 0.05) is 11.9 Å². The summed E-state index contributed by atoms with van der Waals surface area (Å²) in [6.45, 7) is 1.42. The van der Waals surface area contributed by atoms with Crippen molar-refractivity contribution >= 4 is 5.97 Å². The summed E-state index contributed by atoms with van der Waals surface area (Å²) >= 11 is 0. The Kier molecular flexibility index (Phi) is 2.46. The molecule has 6 heteroatoms. The molecule has 3 nitrogen and oxygen atoms in total. The smallest absolute Gasteiger partial charge is 0.418 e. The first-order valence-corrected chi connectivity index (χ1v) is 3.59. The van der Waals surface area contributed by atoms with Gasteiger partial charge < -0.3 is 5.11 Å². The second-order valence-corrected chi connectivity index (χ2v) is 2.67. The molecule has 0 spiro atoms. The Balaban J connectivity index is 3.37. The number of aromatic nitrogens is 1. The number of pyridine rings is 1. The molecule has 0 bridgehead atoms. The van der Waals surface area contributed by atoms with Gasteiger partial charge in [0.1, 0.15) is 0 Å².